The lowest BCUT2D eigenvalue weighted by Crippen LogP contribution is -2.64. The fraction of sp³-hybridized carbons (Fsp3) is 0.673. The standard InChI is InChI=1S/C49H82O17P2/c1-3-5-7-8-9-10-11-12-13-14-15-16-21-24-27-30-33-37-43(52)64-41(39-63-68(60,61)66-49-46(55)44(53)45(54)48(47(49)56)65-67(57,58)59)38-62-42(51)36-32-29-26-23-20-18-17-19-22-25-28-31-35-40(50)34-6-4-2/h9-10,12-13,15-18,22-23,25-26,31,35,40-41,44-50,53-56H,3-8,11,14,19-21,24,27-30,32-34,36-39H2,1-2H3,(H,60,61)(H2,57,58,59)/b10-9-,13-12-,16-15-,18-17-,25-22-,26-23-,35-31-/t40-,41+,44?,45?,46?,47?,48+,49-/m0/s1. The second kappa shape index (κ2) is 38.8. The number of phosphoric acid groups is 2. The summed E-state index contributed by atoms with van der Waals surface area (Å²) in [5.74, 6) is -1.33. The first-order valence-electron chi connectivity index (χ1n) is 24.2. The average Bonchev–Trinajstić information content (AvgIpc) is 3.29. The fourth-order valence-corrected chi connectivity index (χ4v) is 8.23. The van der Waals surface area contributed by atoms with Crippen molar-refractivity contribution in [3.8, 4) is 0 Å². The monoisotopic (exact) mass is 1000 g/mol. The van der Waals surface area contributed by atoms with Gasteiger partial charge in [-0.25, -0.2) is 9.13 Å². The third kappa shape index (κ3) is 32.9. The van der Waals surface area contributed by atoms with Gasteiger partial charge in [-0.15, -0.1) is 0 Å². The number of ether oxygens (including phenoxy) is 2. The number of aliphatic hydroxyl groups excluding tert-OH is 5. The van der Waals surface area contributed by atoms with Crippen LogP contribution in [0.15, 0.2) is 85.1 Å². The van der Waals surface area contributed by atoms with Crippen LogP contribution < -0.4 is 0 Å². The molecule has 0 aromatic carbocycles. The summed E-state index contributed by atoms with van der Waals surface area (Å²) < 4.78 is 49.3. The molecule has 19 heteroatoms. The Bertz CT molecular complexity index is 1650. The molecule has 1 rings (SSSR count). The molecule has 68 heavy (non-hydrogen) atoms. The molecule has 17 nitrogen and oxygen atoms in total. The summed E-state index contributed by atoms with van der Waals surface area (Å²) in [6.45, 7) is 2.85. The zero-order valence-corrected chi connectivity index (χ0v) is 41.9. The van der Waals surface area contributed by atoms with E-state index < -0.39 is 89.6 Å². The molecular weight excluding hydrogens is 922 g/mol. The molecule has 0 spiro atoms. The number of rotatable bonds is 39. The highest BCUT2D eigenvalue weighted by molar-refractivity contribution is 7.47. The molecule has 390 valence electrons. The molecule has 0 heterocycles. The molecule has 0 bridgehead atoms. The largest absolute Gasteiger partial charge is 0.472 e. The molecule has 0 aromatic heterocycles. The van der Waals surface area contributed by atoms with Gasteiger partial charge >= 0.3 is 27.6 Å². The van der Waals surface area contributed by atoms with E-state index in [1.807, 2.05) is 42.5 Å². The topological polar surface area (TPSA) is 276 Å². The second-order valence-electron chi connectivity index (χ2n) is 16.6. The molecule has 1 saturated carbocycles. The van der Waals surface area contributed by atoms with E-state index in [9.17, 15) is 58.9 Å². The van der Waals surface area contributed by atoms with E-state index >= 15 is 0 Å². The number of aliphatic hydroxyl groups is 5. The molecule has 5 unspecified atom stereocenters. The Labute approximate surface area is 404 Å². The van der Waals surface area contributed by atoms with Crippen LogP contribution in [0.5, 0.6) is 0 Å². The number of allylic oxidation sites excluding steroid dienone is 13. The van der Waals surface area contributed by atoms with Gasteiger partial charge in [0.25, 0.3) is 0 Å². The van der Waals surface area contributed by atoms with Gasteiger partial charge in [0.1, 0.15) is 43.2 Å². The van der Waals surface area contributed by atoms with E-state index in [4.69, 9.17) is 18.5 Å². The van der Waals surface area contributed by atoms with Gasteiger partial charge in [-0.2, -0.15) is 0 Å². The van der Waals surface area contributed by atoms with Gasteiger partial charge in [0.15, 0.2) is 6.10 Å². The quantitative estimate of drug-likeness (QED) is 0.0124. The van der Waals surface area contributed by atoms with Crippen molar-refractivity contribution >= 4 is 27.6 Å². The zero-order chi connectivity index (χ0) is 50.5. The lowest BCUT2D eigenvalue weighted by Gasteiger charge is -2.43. The van der Waals surface area contributed by atoms with E-state index in [1.165, 1.54) is 19.3 Å². The summed E-state index contributed by atoms with van der Waals surface area (Å²) in [6.07, 6.45) is 30.1. The van der Waals surface area contributed by atoms with Crippen molar-refractivity contribution in [1.29, 1.82) is 0 Å². The van der Waals surface area contributed by atoms with Gasteiger partial charge < -0.3 is 49.7 Å². The van der Waals surface area contributed by atoms with Crippen molar-refractivity contribution < 1.29 is 82.0 Å². The molecule has 0 radical (unpaired) electrons. The molecule has 0 amide bonds. The third-order valence-electron chi connectivity index (χ3n) is 10.5. The number of carbonyl (C=O) groups excluding carboxylic acids is 2. The van der Waals surface area contributed by atoms with Gasteiger partial charge in [-0.05, 0) is 83.5 Å². The number of phosphoric ester groups is 2. The van der Waals surface area contributed by atoms with Crippen LogP contribution in [0.4, 0.5) is 0 Å². The van der Waals surface area contributed by atoms with E-state index in [0.29, 0.717) is 25.7 Å². The summed E-state index contributed by atoms with van der Waals surface area (Å²) in [6, 6.07) is 0. The van der Waals surface area contributed by atoms with Crippen molar-refractivity contribution in [2.75, 3.05) is 13.2 Å². The predicted molar refractivity (Wildman–Crippen MR) is 261 cm³/mol. The molecular formula is C49H82O17P2. The second-order valence-corrected chi connectivity index (χ2v) is 19.2. The Hall–Kier alpha value is -2.86. The molecule has 9 atom stereocenters. The minimum Gasteiger partial charge on any atom is -0.462 e. The Balaban J connectivity index is 2.66. The SMILES string of the molecule is CCCCC/C=C\C/C=C\C/C=C\CCCCCCC(=O)O[C@H](COC(=O)CCC/C=C\C/C=C\C/C=C\C/C=C\[C@@H](O)CCCC)COP(=O)(O)O[C@H]1C(O)C(O)C(O)[C@@H](OP(=O)(O)O)C1O. The lowest BCUT2D eigenvalue weighted by molar-refractivity contribution is -0.216. The Morgan fingerprint density at radius 2 is 1.00 bits per heavy atom. The summed E-state index contributed by atoms with van der Waals surface area (Å²) >= 11 is 0. The van der Waals surface area contributed by atoms with Crippen molar-refractivity contribution in [1.82, 2.24) is 0 Å². The molecule has 1 aliphatic rings. The fourth-order valence-electron chi connectivity index (χ4n) is 6.69. The maximum atomic E-state index is 13.0. The van der Waals surface area contributed by atoms with Gasteiger partial charge in [-0.3, -0.25) is 23.2 Å². The minimum absolute atomic E-state index is 0.00605. The van der Waals surface area contributed by atoms with Crippen LogP contribution in [0, 0.1) is 0 Å². The molecule has 0 saturated heterocycles. The first-order chi connectivity index (χ1) is 32.5. The molecule has 0 aromatic rings. The highest BCUT2D eigenvalue weighted by Gasteiger charge is 2.54. The third-order valence-corrected chi connectivity index (χ3v) is 12.0. The van der Waals surface area contributed by atoms with Crippen molar-refractivity contribution in [3.05, 3.63) is 85.1 Å². The predicted octanol–water partition coefficient (Wildman–Crippen LogP) is 8.36. The van der Waals surface area contributed by atoms with Crippen LogP contribution >= 0.6 is 15.6 Å². The van der Waals surface area contributed by atoms with Crippen LogP contribution in [0.3, 0.4) is 0 Å². The Kier molecular flexibility index (Phi) is 36.1. The van der Waals surface area contributed by atoms with Gasteiger partial charge in [0.2, 0.25) is 0 Å². The van der Waals surface area contributed by atoms with Crippen LogP contribution in [-0.2, 0) is 41.8 Å². The molecule has 1 fully saturated rings. The van der Waals surface area contributed by atoms with Gasteiger partial charge in [-0.1, -0.05) is 137 Å². The first-order valence-corrected chi connectivity index (χ1v) is 27.3. The van der Waals surface area contributed by atoms with E-state index in [2.05, 4.69) is 60.9 Å². The first kappa shape index (κ1) is 63.2. The Morgan fingerprint density at radius 3 is 1.54 bits per heavy atom. The van der Waals surface area contributed by atoms with Crippen LogP contribution in [0.2, 0.25) is 0 Å². The summed E-state index contributed by atoms with van der Waals surface area (Å²) in [4.78, 5) is 54.3. The lowest BCUT2D eigenvalue weighted by atomic mass is 9.85. The van der Waals surface area contributed by atoms with Crippen LogP contribution in [-0.4, -0.2) is 114 Å². The Morgan fingerprint density at radius 1 is 0.529 bits per heavy atom. The zero-order valence-electron chi connectivity index (χ0n) is 40.1. The van der Waals surface area contributed by atoms with Gasteiger partial charge in [0.05, 0.1) is 12.7 Å². The van der Waals surface area contributed by atoms with Crippen LogP contribution in [0.1, 0.15) is 149 Å². The van der Waals surface area contributed by atoms with E-state index in [-0.39, 0.29) is 12.8 Å². The summed E-state index contributed by atoms with van der Waals surface area (Å²) in [5, 5.41) is 51.1. The van der Waals surface area contributed by atoms with Crippen LogP contribution in [0.25, 0.3) is 0 Å². The molecule has 1 aliphatic carbocycles. The number of carbonyl (C=O) groups is 2. The molecule has 0 aliphatic heterocycles. The highest BCUT2D eigenvalue weighted by Crippen LogP contribution is 2.49. The summed E-state index contributed by atoms with van der Waals surface area (Å²) in [5.41, 5.74) is 0. The maximum absolute atomic E-state index is 13.0. The molecule has 8 N–H and O–H groups in total. The minimum atomic E-state index is -5.38. The number of hydrogen-bond acceptors (Lipinski definition) is 14. The number of hydrogen-bond donors (Lipinski definition) is 8. The van der Waals surface area contributed by atoms with Crippen molar-refractivity contribution in [2.24, 2.45) is 0 Å². The smallest absolute Gasteiger partial charge is 0.462 e. The number of esters is 2. The van der Waals surface area contributed by atoms with Gasteiger partial charge in [0, 0.05) is 12.8 Å². The van der Waals surface area contributed by atoms with Crippen molar-refractivity contribution in [2.45, 2.75) is 198 Å². The summed E-state index contributed by atoms with van der Waals surface area (Å²) in [7, 11) is -10.7. The van der Waals surface area contributed by atoms with E-state index in [1.54, 1.807) is 0 Å². The highest BCUT2D eigenvalue weighted by atomic mass is 31.2. The normalized spacial score (nSPS) is 22.4. The van der Waals surface area contributed by atoms with E-state index in [0.717, 1.165) is 77.0 Å². The average molecular weight is 1010 g/mol. The number of unbranched alkanes of at least 4 members (excludes halogenated alkanes) is 9. The maximum Gasteiger partial charge on any atom is 0.472 e. The van der Waals surface area contributed by atoms with Crippen molar-refractivity contribution in [3.63, 3.8) is 0 Å².